The summed E-state index contributed by atoms with van der Waals surface area (Å²) in [4.78, 5) is 0. The van der Waals surface area contributed by atoms with E-state index in [0.29, 0.717) is 0 Å². The zero-order valence-electron chi connectivity index (χ0n) is 6.15. The topological polar surface area (TPSA) is 39.3 Å². The molecule has 1 aliphatic rings. The van der Waals surface area contributed by atoms with Gasteiger partial charge in [-0.3, -0.25) is 0 Å². The Labute approximate surface area is 55.5 Å². The highest BCUT2D eigenvalue weighted by Gasteiger charge is 2.23. The van der Waals surface area contributed by atoms with E-state index < -0.39 is 0 Å². The molecule has 0 aliphatic carbocycles. The van der Waals surface area contributed by atoms with Crippen molar-refractivity contribution in [3.05, 3.63) is 0 Å². The summed E-state index contributed by atoms with van der Waals surface area (Å²) in [5.74, 6) is 0. The Hall–Kier alpha value is -0.160. The lowest BCUT2D eigenvalue weighted by Gasteiger charge is -2.29. The van der Waals surface area contributed by atoms with Crippen LogP contribution >= 0.6 is 0 Å². The number of nitrogens with zero attached hydrogens (tertiary/aromatic N) is 1. The van der Waals surface area contributed by atoms with E-state index in [1.807, 2.05) is 5.12 Å². The van der Waals surface area contributed by atoms with E-state index in [9.17, 15) is 0 Å². The molecular weight excluding hydrogens is 116 g/mol. The summed E-state index contributed by atoms with van der Waals surface area (Å²) in [6.07, 6.45) is 0. The Morgan fingerprint density at radius 3 is 2.22 bits per heavy atom. The number of hydrazine groups is 3. The first-order valence-corrected chi connectivity index (χ1v) is 3.13. The van der Waals surface area contributed by atoms with E-state index >= 15 is 0 Å². The van der Waals surface area contributed by atoms with Crippen LogP contribution in [-0.2, 0) is 0 Å². The first kappa shape index (κ1) is 6.95. The molecule has 1 fully saturated rings. The zero-order valence-corrected chi connectivity index (χ0v) is 6.15. The van der Waals surface area contributed by atoms with Gasteiger partial charge >= 0.3 is 0 Å². The molecule has 4 nitrogen and oxygen atoms in total. The van der Waals surface area contributed by atoms with Crippen LogP contribution in [0, 0.1) is 0 Å². The van der Waals surface area contributed by atoms with E-state index in [4.69, 9.17) is 0 Å². The molecule has 0 aromatic carbocycles. The Kier molecular flexibility index (Phi) is 1.72. The van der Waals surface area contributed by atoms with Crippen LogP contribution in [0.25, 0.3) is 0 Å². The Morgan fingerprint density at radius 2 is 2.00 bits per heavy atom. The molecule has 1 rings (SSSR count). The van der Waals surface area contributed by atoms with Crippen LogP contribution in [0.3, 0.4) is 0 Å². The second-order valence-electron chi connectivity index (χ2n) is 3.13. The molecule has 0 amide bonds. The average molecular weight is 130 g/mol. The monoisotopic (exact) mass is 130 g/mol. The molecule has 0 spiro atoms. The molecule has 0 atom stereocenters. The summed E-state index contributed by atoms with van der Waals surface area (Å²) in [5.41, 5.74) is 9.15. The third-order valence-electron chi connectivity index (χ3n) is 1.19. The zero-order chi connectivity index (χ0) is 6.91. The van der Waals surface area contributed by atoms with Crippen molar-refractivity contribution < 1.29 is 0 Å². The normalized spacial score (nSPS) is 23.0. The average Bonchev–Trinajstić information content (AvgIpc) is 2.08. The molecule has 0 saturated carbocycles. The second-order valence-corrected chi connectivity index (χ2v) is 3.13. The SMILES string of the molecule is CC(C)(C)N1NCNN1. The molecule has 0 unspecified atom stereocenters. The van der Waals surface area contributed by atoms with Crippen molar-refractivity contribution in [3.63, 3.8) is 0 Å². The Balaban J connectivity index is 2.42. The molecule has 0 bridgehead atoms. The van der Waals surface area contributed by atoms with Gasteiger partial charge < -0.3 is 0 Å². The summed E-state index contributed by atoms with van der Waals surface area (Å²) >= 11 is 0. The van der Waals surface area contributed by atoms with Gasteiger partial charge in [0.2, 0.25) is 0 Å². The highest BCUT2D eigenvalue weighted by atomic mass is 15.9. The van der Waals surface area contributed by atoms with Gasteiger partial charge in [-0.25, -0.2) is 10.9 Å². The van der Waals surface area contributed by atoms with Crippen LogP contribution < -0.4 is 16.4 Å². The lowest BCUT2D eigenvalue weighted by molar-refractivity contribution is 0.0535. The van der Waals surface area contributed by atoms with E-state index in [2.05, 4.69) is 37.2 Å². The molecule has 3 N–H and O–H groups in total. The van der Waals surface area contributed by atoms with Crippen molar-refractivity contribution in [3.8, 4) is 0 Å². The number of rotatable bonds is 0. The van der Waals surface area contributed by atoms with Gasteiger partial charge in [0, 0.05) is 5.54 Å². The molecule has 0 aromatic heterocycles. The summed E-state index contributed by atoms with van der Waals surface area (Å²) < 4.78 is 0. The smallest absolute Gasteiger partial charge is 0.0750 e. The van der Waals surface area contributed by atoms with E-state index in [-0.39, 0.29) is 5.54 Å². The maximum Gasteiger partial charge on any atom is 0.0750 e. The van der Waals surface area contributed by atoms with E-state index in [0.717, 1.165) is 6.67 Å². The summed E-state index contributed by atoms with van der Waals surface area (Å²) in [6.45, 7) is 7.16. The molecule has 4 heteroatoms. The highest BCUT2D eigenvalue weighted by molar-refractivity contribution is 4.70. The fourth-order valence-electron chi connectivity index (χ4n) is 0.682. The maximum atomic E-state index is 3.11. The predicted molar refractivity (Wildman–Crippen MR) is 35.9 cm³/mol. The highest BCUT2D eigenvalue weighted by Crippen LogP contribution is 2.06. The maximum absolute atomic E-state index is 3.11. The molecule has 0 radical (unpaired) electrons. The molecule has 1 heterocycles. The van der Waals surface area contributed by atoms with Crippen molar-refractivity contribution in [1.82, 2.24) is 21.5 Å². The van der Waals surface area contributed by atoms with Crippen LogP contribution in [0.15, 0.2) is 0 Å². The van der Waals surface area contributed by atoms with E-state index in [1.165, 1.54) is 0 Å². The molecule has 9 heavy (non-hydrogen) atoms. The van der Waals surface area contributed by atoms with Crippen molar-refractivity contribution in [1.29, 1.82) is 0 Å². The van der Waals surface area contributed by atoms with Crippen LogP contribution in [0.4, 0.5) is 0 Å². The molecule has 1 saturated heterocycles. The van der Waals surface area contributed by atoms with Crippen LogP contribution in [-0.4, -0.2) is 17.3 Å². The number of hydrogen-bond acceptors (Lipinski definition) is 4. The molecule has 0 aromatic rings. The number of nitrogens with one attached hydrogen (secondary N) is 3. The van der Waals surface area contributed by atoms with Crippen LogP contribution in [0.5, 0.6) is 0 Å². The molecule has 54 valence electrons. The third kappa shape index (κ3) is 1.62. The predicted octanol–water partition coefficient (Wildman–Crippen LogP) is -0.428. The standard InChI is InChI=1S/C5H14N4/c1-5(2,3)9-7-4-6-8-9/h6-8H,4H2,1-3H3. The minimum Gasteiger partial charge on any atom is -0.227 e. The summed E-state index contributed by atoms with van der Waals surface area (Å²) in [6, 6.07) is 0. The van der Waals surface area contributed by atoms with Gasteiger partial charge in [0.15, 0.2) is 0 Å². The van der Waals surface area contributed by atoms with Gasteiger partial charge in [-0.15, -0.1) is 0 Å². The first-order valence-electron chi connectivity index (χ1n) is 3.13. The minimum absolute atomic E-state index is 0.128. The van der Waals surface area contributed by atoms with Crippen molar-refractivity contribution in [2.75, 3.05) is 6.67 Å². The molecule has 1 aliphatic heterocycles. The van der Waals surface area contributed by atoms with Crippen molar-refractivity contribution in [2.45, 2.75) is 26.3 Å². The van der Waals surface area contributed by atoms with Gasteiger partial charge in [0.05, 0.1) is 6.67 Å². The Bertz CT molecular complexity index is 89.6. The van der Waals surface area contributed by atoms with E-state index in [1.54, 1.807) is 0 Å². The summed E-state index contributed by atoms with van der Waals surface area (Å²) in [5, 5.41) is 1.94. The quantitative estimate of drug-likeness (QED) is 0.416. The Morgan fingerprint density at radius 1 is 1.33 bits per heavy atom. The van der Waals surface area contributed by atoms with Crippen LogP contribution in [0.2, 0.25) is 0 Å². The van der Waals surface area contributed by atoms with Gasteiger partial charge in [0.1, 0.15) is 0 Å². The van der Waals surface area contributed by atoms with Crippen molar-refractivity contribution >= 4 is 0 Å². The number of hydrogen-bond donors (Lipinski definition) is 3. The fraction of sp³-hybridized carbons (Fsp3) is 1.00. The summed E-state index contributed by atoms with van der Waals surface area (Å²) in [7, 11) is 0. The first-order chi connectivity index (χ1) is 4.11. The van der Waals surface area contributed by atoms with Gasteiger partial charge in [-0.2, -0.15) is 10.7 Å². The lowest BCUT2D eigenvalue weighted by atomic mass is 10.1. The van der Waals surface area contributed by atoms with Crippen LogP contribution in [0.1, 0.15) is 20.8 Å². The van der Waals surface area contributed by atoms with Gasteiger partial charge in [-0.1, -0.05) is 0 Å². The third-order valence-corrected chi connectivity index (χ3v) is 1.19. The minimum atomic E-state index is 0.128. The molecular formula is C5H14N4. The fourth-order valence-corrected chi connectivity index (χ4v) is 0.682. The van der Waals surface area contributed by atoms with Gasteiger partial charge in [0.25, 0.3) is 0 Å². The van der Waals surface area contributed by atoms with Crippen molar-refractivity contribution in [2.24, 2.45) is 0 Å². The van der Waals surface area contributed by atoms with Gasteiger partial charge in [-0.05, 0) is 20.8 Å². The second kappa shape index (κ2) is 2.22. The largest absolute Gasteiger partial charge is 0.227 e. The lowest BCUT2D eigenvalue weighted by Crippen LogP contribution is -2.52.